The molecule has 13 heavy (non-hydrogen) atoms. The highest BCUT2D eigenvalue weighted by Gasteiger charge is 2.32. The van der Waals surface area contributed by atoms with Crippen molar-refractivity contribution in [3.63, 3.8) is 0 Å². The van der Waals surface area contributed by atoms with Crippen LogP contribution in [-0.4, -0.2) is 30.4 Å². The predicted molar refractivity (Wildman–Crippen MR) is 51.0 cm³/mol. The minimum absolute atomic E-state index is 0.323. The minimum atomic E-state index is -0.323. The highest BCUT2D eigenvalue weighted by atomic mass is 16.1. The van der Waals surface area contributed by atoms with E-state index in [0.29, 0.717) is 5.92 Å². The van der Waals surface area contributed by atoms with E-state index in [2.05, 4.69) is 4.90 Å². The van der Waals surface area contributed by atoms with Crippen LogP contribution in [0.4, 0.5) is 0 Å². The zero-order valence-corrected chi connectivity index (χ0v) is 7.78. The Morgan fingerprint density at radius 3 is 2.54 bits per heavy atom. The lowest BCUT2D eigenvalue weighted by Gasteiger charge is -2.43. The lowest BCUT2D eigenvalue weighted by molar-refractivity contribution is -0.113. The number of piperidine rings is 3. The van der Waals surface area contributed by atoms with E-state index < -0.39 is 0 Å². The van der Waals surface area contributed by atoms with Gasteiger partial charge in [-0.15, -0.1) is 0 Å². The Hall–Kier alpha value is -0.830. The molecule has 72 valence electrons. The number of rotatable bonds is 2. The molecule has 0 spiro atoms. The number of hydrogen-bond donors (Lipinski definition) is 1. The molecule has 1 atom stereocenters. The molecule has 3 rings (SSSR count). The highest BCUT2D eigenvalue weighted by molar-refractivity contribution is 5.85. The van der Waals surface area contributed by atoms with Crippen LogP contribution in [0.1, 0.15) is 12.8 Å². The molecule has 3 aliphatic heterocycles. The number of fused-ring (bicyclic) bond motifs is 3. The predicted octanol–water partition coefficient (Wildman–Crippen LogP) is 0.370. The van der Waals surface area contributed by atoms with Crippen molar-refractivity contribution in [2.75, 3.05) is 19.6 Å². The Balaban J connectivity index is 1.97. The van der Waals surface area contributed by atoms with Crippen LogP contribution >= 0.6 is 0 Å². The van der Waals surface area contributed by atoms with E-state index in [1.54, 1.807) is 0 Å². The van der Waals surface area contributed by atoms with Crippen molar-refractivity contribution in [2.45, 2.75) is 12.8 Å². The Kier molecular flexibility index (Phi) is 2.36. The molecule has 0 aliphatic carbocycles. The molecule has 1 unspecified atom stereocenters. The molecule has 1 amide bonds. The second kappa shape index (κ2) is 3.50. The summed E-state index contributed by atoms with van der Waals surface area (Å²) in [4.78, 5) is 13.0. The van der Waals surface area contributed by atoms with Gasteiger partial charge in [0.1, 0.15) is 0 Å². The Morgan fingerprint density at radius 2 is 2.08 bits per heavy atom. The molecule has 0 radical (unpaired) electrons. The highest BCUT2D eigenvalue weighted by Crippen LogP contribution is 2.32. The van der Waals surface area contributed by atoms with Gasteiger partial charge in [0.25, 0.3) is 0 Å². The number of nitrogens with two attached hydrogens (primary N) is 1. The molecular weight excluding hydrogens is 164 g/mol. The van der Waals surface area contributed by atoms with Gasteiger partial charge in [0, 0.05) is 6.54 Å². The zero-order chi connectivity index (χ0) is 9.26. The van der Waals surface area contributed by atoms with E-state index in [1.165, 1.54) is 32.0 Å². The van der Waals surface area contributed by atoms with Crippen molar-refractivity contribution in [3.8, 4) is 0 Å². The van der Waals surface area contributed by atoms with Gasteiger partial charge in [0.15, 0.2) is 0 Å². The number of nitrogens with zero attached hydrogens (tertiary/aromatic N) is 1. The van der Waals surface area contributed by atoms with Crippen molar-refractivity contribution in [1.29, 1.82) is 0 Å². The molecule has 0 aromatic carbocycles. The molecule has 3 heteroatoms. The minimum Gasteiger partial charge on any atom is -0.366 e. The number of carbonyl (C=O) groups excluding carboxylic acids is 1. The van der Waals surface area contributed by atoms with Gasteiger partial charge in [-0.3, -0.25) is 4.79 Å². The summed E-state index contributed by atoms with van der Waals surface area (Å²) in [6, 6.07) is 0. The quantitative estimate of drug-likeness (QED) is 0.624. The van der Waals surface area contributed by atoms with Gasteiger partial charge in [-0.2, -0.15) is 0 Å². The third kappa shape index (κ3) is 1.91. The third-order valence-corrected chi connectivity index (χ3v) is 3.21. The molecular formula is C10H16N2O. The van der Waals surface area contributed by atoms with Gasteiger partial charge < -0.3 is 10.6 Å². The molecule has 2 bridgehead atoms. The van der Waals surface area contributed by atoms with Gasteiger partial charge in [-0.05, 0) is 43.8 Å². The van der Waals surface area contributed by atoms with E-state index >= 15 is 0 Å². The van der Waals surface area contributed by atoms with Gasteiger partial charge in [0.05, 0.1) is 0 Å². The van der Waals surface area contributed by atoms with Crippen LogP contribution < -0.4 is 5.73 Å². The van der Waals surface area contributed by atoms with Crippen molar-refractivity contribution in [3.05, 3.63) is 12.2 Å². The van der Waals surface area contributed by atoms with Gasteiger partial charge in [-0.1, -0.05) is 6.08 Å². The summed E-state index contributed by atoms with van der Waals surface area (Å²) >= 11 is 0. The molecule has 3 aliphatic rings. The maximum absolute atomic E-state index is 10.6. The zero-order valence-electron chi connectivity index (χ0n) is 7.78. The largest absolute Gasteiger partial charge is 0.366 e. The van der Waals surface area contributed by atoms with Crippen LogP contribution in [0, 0.1) is 11.8 Å². The summed E-state index contributed by atoms with van der Waals surface area (Å²) in [5.74, 6) is 1.03. The van der Waals surface area contributed by atoms with Crippen molar-refractivity contribution < 1.29 is 4.79 Å². The molecule has 3 heterocycles. The molecule has 3 nitrogen and oxygen atoms in total. The lowest BCUT2D eigenvalue weighted by atomic mass is 9.79. The first-order valence-electron chi connectivity index (χ1n) is 4.95. The van der Waals surface area contributed by atoms with Gasteiger partial charge in [0.2, 0.25) is 5.91 Å². The van der Waals surface area contributed by atoms with Gasteiger partial charge in [-0.25, -0.2) is 0 Å². The van der Waals surface area contributed by atoms with Crippen LogP contribution in [0.25, 0.3) is 0 Å². The number of hydrogen-bond acceptors (Lipinski definition) is 2. The number of amides is 1. The van der Waals surface area contributed by atoms with Crippen molar-refractivity contribution >= 4 is 5.91 Å². The SMILES string of the molecule is NC(=O)/C=C/C1CN2CCC1CC2. The standard InChI is InChI=1S/C10H16N2O/c11-10(13)2-1-9-7-12-5-3-8(9)4-6-12/h1-2,8-9H,3-7H2,(H2,11,13)/b2-1+. The molecule has 0 saturated carbocycles. The maximum atomic E-state index is 10.6. The molecule has 3 saturated heterocycles. The first-order valence-corrected chi connectivity index (χ1v) is 4.95. The first-order chi connectivity index (χ1) is 6.25. The summed E-state index contributed by atoms with van der Waals surface area (Å²) in [5.41, 5.74) is 5.07. The second-order valence-corrected chi connectivity index (χ2v) is 4.06. The summed E-state index contributed by atoms with van der Waals surface area (Å²) in [6.07, 6.45) is 6.09. The fourth-order valence-electron chi connectivity index (χ4n) is 2.45. The third-order valence-electron chi connectivity index (χ3n) is 3.21. The summed E-state index contributed by atoms with van der Waals surface area (Å²) < 4.78 is 0. The summed E-state index contributed by atoms with van der Waals surface area (Å²) in [5, 5.41) is 0. The van der Waals surface area contributed by atoms with Crippen molar-refractivity contribution in [2.24, 2.45) is 17.6 Å². The Morgan fingerprint density at radius 1 is 1.38 bits per heavy atom. The van der Waals surface area contributed by atoms with Crippen molar-refractivity contribution in [1.82, 2.24) is 4.90 Å². The van der Waals surface area contributed by atoms with E-state index in [1.807, 2.05) is 6.08 Å². The topological polar surface area (TPSA) is 46.3 Å². The summed E-state index contributed by atoms with van der Waals surface area (Å²) in [6.45, 7) is 3.60. The fourth-order valence-corrected chi connectivity index (χ4v) is 2.45. The Labute approximate surface area is 78.6 Å². The normalized spacial score (nSPS) is 38.3. The average Bonchev–Trinajstić information content (AvgIpc) is 2.17. The van der Waals surface area contributed by atoms with Gasteiger partial charge >= 0.3 is 0 Å². The monoisotopic (exact) mass is 180 g/mol. The molecule has 3 fully saturated rings. The second-order valence-electron chi connectivity index (χ2n) is 4.06. The van der Waals surface area contributed by atoms with Crippen LogP contribution in [0.3, 0.4) is 0 Å². The Bertz CT molecular complexity index is 229. The first kappa shape index (κ1) is 8.75. The molecule has 0 aromatic rings. The van der Waals surface area contributed by atoms with E-state index in [0.717, 1.165) is 12.5 Å². The van der Waals surface area contributed by atoms with E-state index in [-0.39, 0.29) is 5.91 Å². The van der Waals surface area contributed by atoms with E-state index in [4.69, 9.17) is 5.73 Å². The summed E-state index contributed by atoms with van der Waals surface area (Å²) in [7, 11) is 0. The molecule has 2 N–H and O–H groups in total. The van der Waals surface area contributed by atoms with Crippen LogP contribution in [0.15, 0.2) is 12.2 Å². The van der Waals surface area contributed by atoms with Crippen LogP contribution in [0.2, 0.25) is 0 Å². The average molecular weight is 180 g/mol. The maximum Gasteiger partial charge on any atom is 0.241 e. The van der Waals surface area contributed by atoms with Crippen LogP contribution in [0.5, 0.6) is 0 Å². The van der Waals surface area contributed by atoms with E-state index in [9.17, 15) is 4.79 Å². The number of carbonyl (C=O) groups is 1. The fraction of sp³-hybridized carbons (Fsp3) is 0.700. The lowest BCUT2D eigenvalue weighted by Crippen LogP contribution is -2.46. The van der Waals surface area contributed by atoms with Crippen LogP contribution in [-0.2, 0) is 4.79 Å². The molecule has 0 aromatic heterocycles. The smallest absolute Gasteiger partial charge is 0.241 e. The number of primary amides is 1.